The Bertz CT molecular complexity index is 227. The van der Waals surface area contributed by atoms with Crippen molar-refractivity contribution in [2.75, 3.05) is 33.7 Å². The molecule has 0 saturated carbocycles. The first-order valence-electron chi connectivity index (χ1n) is 6.44. The fourth-order valence-corrected chi connectivity index (χ4v) is 1.55. The smallest absolute Gasteiger partial charge is 0.239 e. The van der Waals surface area contributed by atoms with Gasteiger partial charge in [-0.2, -0.15) is 0 Å². The van der Waals surface area contributed by atoms with Crippen LogP contribution in [0.25, 0.3) is 0 Å². The van der Waals surface area contributed by atoms with E-state index in [2.05, 4.69) is 18.7 Å². The largest absolute Gasteiger partial charge is 0.340 e. The van der Waals surface area contributed by atoms with Crippen molar-refractivity contribution in [3.8, 4) is 0 Å². The molecular formula is C13H29N3O. The van der Waals surface area contributed by atoms with Crippen LogP contribution in [0.3, 0.4) is 0 Å². The molecule has 0 fully saturated rings. The lowest BCUT2D eigenvalue weighted by atomic mass is 10.0. The zero-order chi connectivity index (χ0) is 13.6. The molecule has 0 saturated heterocycles. The van der Waals surface area contributed by atoms with Gasteiger partial charge in [0.1, 0.15) is 0 Å². The second-order valence-electron chi connectivity index (χ2n) is 5.75. The molecule has 102 valence electrons. The lowest BCUT2D eigenvalue weighted by Gasteiger charge is -2.29. The molecule has 1 amide bonds. The topological polar surface area (TPSA) is 49.6 Å². The van der Waals surface area contributed by atoms with Gasteiger partial charge >= 0.3 is 0 Å². The highest BCUT2D eigenvalue weighted by molar-refractivity contribution is 5.81. The van der Waals surface area contributed by atoms with Crippen LogP contribution >= 0.6 is 0 Å². The Balaban J connectivity index is 4.50. The lowest BCUT2D eigenvalue weighted by molar-refractivity contribution is -0.134. The van der Waals surface area contributed by atoms with Crippen LogP contribution in [0.2, 0.25) is 0 Å². The average Bonchev–Trinajstić information content (AvgIpc) is 2.21. The summed E-state index contributed by atoms with van der Waals surface area (Å²) >= 11 is 0. The van der Waals surface area contributed by atoms with Gasteiger partial charge in [0.15, 0.2) is 0 Å². The third-order valence-corrected chi connectivity index (χ3v) is 2.72. The highest BCUT2D eigenvalue weighted by atomic mass is 16.2. The predicted octanol–water partition coefficient (Wildman–Crippen LogP) is 1.02. The Morgan fingerprint density at radius 2 is 1.65 bits per heavy atom. The quantitative estimate of drug-likeness (QED) is 0.726. The average molecular weight is 243 g/mol. The minimum Gasteiger partial charge on any atom is -0.340 e. The van der Waals surface area contributed by atoms with Crippen LogP contribution in [0.5, 0.6) is 0 Å². The molecule has 0 aromatic heterocycles. The maximum atomic E-state index is 12.2. The number of rotatable bonds is 7. The van der Waals surface area contributed by atoms with E-state index in [1.807, 2.05) is 32.8 Å². The van der Waals surface area contributed by atoms with Gasteiger partial charge in [0, 0.05) is 19.6 Å². The van der Waals surface area contributed by atoms with Gasteiger partial charge in [-0.3, -0.25) is 4.79 Å². The van der Waals surface area contributed by atoms with Gasteiger partial charge in [0.05, 0.1) is 6.04 Å². The number of hydrogen-bond acceptors (Lipinski definition) is 3. The van der Waals surface area contributed by atoms with Crippen LogP contribution in [0.15, 0.2) is 0 Å². The monoisotopic (exact) mass is 243 g/mol. The van der Waals surface area contributed by atoms with E-state index in [9.17, 15) is 4.79 Å². The molecule has 0 rings (SSSR count). The van der Waals surface area contributed by atoms with Gasteiger partial charge in [0.2, 0.25) is 5.91 Å². The van der Waals surface area contributed by atoms with Crippen molar-refractivity contribution in [3.05, 3.63) is 0 Å². The molecule has 0 aromatic rings. The Morgan fingerprint density at radius 3 is 2.00 bits per heavy atom. The third-order valence-electron chi connectivity index (χ3n) is 2.72. The summed E-state index contributed by atoms with van der Waals surface area (Å²) in [5, 5.41) is 0. The molecule has 1 unspecified atom stereocenters. The number of nitrogens with zero attached hydrogens (tertiary/aromatic N) is 2. The maximum absolute atomic E-state index is 12.2. The summed E-state index contributed by atoms with van der Waals surface area (Å²) in [4.78, 5) is 16.2. The van der Waals surface area contributed by atoms with Crippen molar-refractivity contribution in [1.82, 2.24) is 9.80 Å². The summed E-state index contributed by atoms with van der Waals surface area (Å²) in [5.74, 6) is 0.743. The van der Waals surface area contributed by atoms with Crippen LogP contribution in [-0.4, -0.2) is 55.5 Å². The fraction of sp³-hybridized carbons (Fsp3) is 0.923. The Labute approximate surface area is 106 Å². The Hall–Kier alpha value is -0.610. The van der Waals surface area contributed by atoms with Gasteiger partial charge in [-0.1, -0.05) is 27.7 Å². The predicted molar refractivity (Wildman–Crippen MR) is 72.8 cm³/mol. The highest BCUT2D eigenvalue weighted by Gasteiger charge is 2.23. The number of hydrogen-bond donors (Lipinski definition) is 1. The van der Waals surface area contributed by atoms with E-state index in [1.165, 1.54) is 0 Å². The van der Waals surface area contributed by atoms with Crippen LogP contribution in [0.1, 0.15) is 27.7 Å². The van der Waals surface area contributed by atoms with Crippen LogP contribution in [-0.2, 0) is 4.79 Å². The van der Waals surface area contributed by atoms with Crippen LogP contribution in [0.4, 0.5) is 0 Å². The third kappa shape index (κ3) is 6.64. The van der Waals surface area contributed by atoms with Gasteiger partial charge in [-0.15, -0.1) is 0 Å². The van der Waals surface area contributed by atoms with E-state index < -0.39 is 0 Å². The molecule has 0 spiro atoms. The molecule has 0 aliphatic rings. The van der Waals surface area contributed by atoms with Crippen molar-refractivity contribution in [3.63, 3.8) is 0 Å². The second-order valence-corrected chi connectivity index (χ2v) is 5.75. The van der Waals surface area contributed by atoms with E-state index in [4.69, 9.17) is 5.73 Å². The molecular weight excluding hydrogens is 214 g/mol. The molecule has 0 heterocycles. The van der Waals surface area contributed by atoms with Crippen molar-refractivity contribution in [2.24, 2.45) is 17.6 Å². The zero-order valence-corrected chi connectivity index (χ0v) is 12.2. The van der Waals surface area contributed by atoms with E-state index in [0.717, 1.165) is 19.6 Å². The van der Waals surface area contributed by atoms with Crippen LogP contribution < -0.4 is 5.73 Å². The summed E-state index contributed by atoms with van der Waals surface area (Å²) in [6, 6.07) is -0.379. The number of nitrogens with two attached hydrogens (primary N) is 1. The first-order valence-corrected chi connectivity index (χ1v) is 6.44. The number of carbonyl (C=O) groups excluding carboxylic acids is 1. The number of amides is 1. The minimum absolute atomic E-state index is 0.0792. The molecule has 0 aromatic carbocycles. The molecule has 2 N–H and O–H groups in total. The Kier molecular flexibility index (Phi) is 7.39. The molecule has 4 heteroatoms. The van der Waals surface area contributed by atoms with Gasteiger partial charge in [0.25, 0.3) is 0 Å². The van der Waals surface area contributed by atoms with Gasteiger partial charge in [-0.25, -0.2) is 0 Å². The highest BCUT2D eigenvalue weighted by Crippen LogP contribution is 2.06. The van der Waals surface area contributed by atoms with Gasteiger partial charge in [-0.05, 0) is 25.9 Å². The summed E-state index contributed by atoms with van der Waals surface area (Å²) in [5.41, 5.74) is 5.94. The zero-order valence-electron chi connectivity index (χ0n) is 12.2. The molecule has 0 radical (unpaired) electrons. The lowest BCUT2D eigenvalue weighted by Crippen LogP contribution is -2.49. The van der Waals surface area contributed by atoms with E-state index in [1.54, 1.807) is 0 Å². The molecule has 17 heavy (non-hydrogen) atoms. The van der Waals surface area contributed by atoms with E-state index >= 15 is 0 Å². The standard InChI is InChI=1S/C13H29N3O/c1-10(2)9-16(8-7-15(5)6)13(17)12(14)11(3)4/h10-12H,7-9,14H2,1-6H3. The fourth-order valence-electron chi connectivity index (χ4n) is 1.55. The normalized spacial score (nSPS) is 13.5. The molecule has 0 aliphatic heterocycles. The summed E-state index contributed by atoms with van der Waals surface area (Å²) in [7, 11) is 4.03. The van der Waals surface area contributed by atoms with Crippen LogP contribution in [0, 0.1) is 11.8 Å². The molecule has 1 atom stereocenters. The first-order chi connectivity index (χ1) is 7.75. The first kappa shape index (κ1) is 16.4. The van der Waals surface area contributed by atoms with Crippen molar-refractivity contribution >= 4 is 5.91 Å². The number of carbonyl (C=O) groups is 1. The molecule has 4 nitrogen and oxygen atoms in total. The van der Waals surface area contributed by atoms with E-state index in [0.29, 0.717) is 5.92 Å². The second kappa shape index (κ2) is 7.67. The van der Waals surface area contributed by atoms with Crippen molar-refractivity contribution < 1.29 is 4.79 Å². The Morgan fingerprint density at radius 1 is 1.12 bits per heavy atom. The SMILES string of the molecule is CC(C)CN(CCN(C)C)C(=O)C(N)C(C)C. The molecule has 0 bridgehead atoms. The number of likely N-dealkylation sites (N-methyl/N-ethyl adjacent to an activating group) is 1. The summed E-state index contributed by atoms with van der Waals surface area (Å²) in [6.07, 6.45) is 0. The maximum Gasteiger partial charge on any atom is 0.239 e. The summed E-state index contributed by atoms with van der Waals surface area (Å²) in [6.45, 7) is 10.6. The van der Waals surface area contributed by atoms with Crippen molar-refractivity contribution in [1.29, 1.82) is 0 Å². The van der Waals surface area contributed by atoms with Gasteiger partial charge < -0.3 is 15.5 Å². The summed E-state index contributed by atoms with van der Waals surface area (Å²) < 4.78 is 0. The minimum atomic E-state index is -0.379. The molecule has 0 aliphatic carbocycles. The van der Waals surface area contributed by atoms with E-state index in [-0.39, 0.29) is 17.9 Å². The van der Waals surface area contributed by atoms with Crippen molar-refractivity contribution in [2.45, 2.75) is 33.7 Å².